The highest BCUT2D eigenvalue weighted by atomic mass is 32.2. The molecule has 3 rings (SSSR count). The first-order chi connectivity index (χ1) is 9.15. The molecule has 1 N–H and O–H groups in total. The van der Waals surface area contributed by atoms with Crippen LogP contribution in [0.15, 0.2) is 12.1 Å². The zero-order valence-electron chi connectivity index (χ0n) is 10.6. The van der Waals surface area contributed by atoms with Crippen molar-refractivity contribution in [3.8, 4) is 0 Å². The van der Waals surface area contributed by atoms with E-state index in [2.05, 4.69) is 9.55 Å². The monoisotopic (exact) mass is 314 g/mol. The summed E-state index contributed by atoms with van der Waals surface area (Å²) in [4.78, 5) is 3.11. The molecule has 1 saturated heterocycles. The van der Waals surface area contributed by atoms with E-state index in [1.54, 1.807) is 13.0 Å². The van der Waals surface area contributed by atoms with Crippen molar-refractivity contribution >= 4 is 46.8 Å². The van der Waals surface area contributed by atoms with Crippen LogP contribution in [0.5, 0.6) is 0 Å². The van der Waals surface area contributed by atoms with Gasteiger partial charge in [-0.05, 0) is 36.8 Å². The fraction of sp³-hybridized carbons (Fsp3) is 0.462. The fourth-order valence-electron chi connectivity index (χ4n) is 2.31. The van der Waals surface area contributed by atoms with E-state index in [0.29, 0.717) is 15.6 Å². The van der Waals surface area contributed by atoms with Gasteiger partial charge in [-0.1, -0.05) is 0 Å². The molecule has 1 aromatic heterocycles. The van der Waals surface area contributed by atoms with Crippen molar-refractivity contribution in [1.29, 1.82) is 0 Å². The molecular weight excluding hydrogens is 299 g/mol. The number of benzene rings is 1. The van der Waals surface area contributed by atoms with Gasteiger partial charge in [-0.15, -0.1) is 0 Å². The number of hydrogen-bond acceptors (Lipinski definition) is 3. The lowest BCUT2D eigenvalue weighted by Crippen LogP contribution is -2.20. The average Bonchev–Trinajstić information content (AvgIpc) is 2.68. The molecule has 0 radical (unpaired) electrons. The molecule has 1 aliphatic heterocycles. The molecule has 0 aliphatic carbocycles. The predicted molar refractivity (Wildman–Crippen MR) is 85.4 cm³/mol. The van der Waals surface area contributed by atoms with Gasteiger partial charge >= 0.3 is 0 Å². The van der Waals surface area contributed by atoms with E-state index in [-0.39, 0.29) is 5.82 Å². The van der Waals surface area contributed by atoms with Gasteiger partial charge in [0.25, 0.3) is 0 Å². The van der Waals surface area contributed by atoms with Gasteiger partial charge in [-0.3, -0.25) is 0 Å². The van der Waals surface area contributed by atoms with Gasteiger partial charge in [-0.25, -0.2) is 4.39 Å². The summed E-state index contributed by atoms with van der Waals surface area (Å²) >= 11 is 9.39. The van der Waals surface area contributed by atoms with Gasteiger partial charge in [0.2, 0.25) is 0 Å². The number of thioether (sulfide) groups is 2. The summed E-state index contributed by atoms with van der Waals surface area (Å²) in [6.45, 7) is 2.70. The second kappa shape index (κ2) is 5.50. The molecule has 0 spiro atoms. The second-order valence-corrected chi connectivity index (χ2v) is 7.67. The number of rotatable bonds is 2. The topological polar surface area (TPSA) is 20.7 Å². The van der Waals surface area contributed by atoms with Crippen molar-refractivity contribution in [2.24, 2.45) is 0 Å². The number of aryl methyl sites for hydroxylation is 1. The van der Waals surface area contributed by atoms with Crippen LogP contribution in [0.25, 0.3) is 11.0 Å². The number of nitrogens with one attached hydrogen (secondary N) is 1. The molecule has 19 heavy (non-hydrogen) atoms. The average molecular weight is 314 g/mol. The number of imidazole rings is 1. The molecular formula is C13H15FN2S3. The van der Waals surface area contributed by atoms with Gasteiger partial charge < -0.3 is 9.55 Å². The molecule has 1 fully saturated rings. The van der Waals surface area contributed by atoms with Gasteiger partial charge in [0.05, 0.1) is 11.0 Å². The highest BCUT2D eigenvalue weighted by molar-refractivity contribution is 8.06. The van der Waals surface area contributed by atoms with Crippen LogP contribution in [0, 0.1) is 17.5 Å². The number of H-pyrrole nitrogens is 1. The summed E-state index contributed by atoms with van der Waals surface area (Å²) in [6.07, 6.45) is 0. The SMILES string of the molecule is Cc1cc2c(cc1F)[nH]c(=S)n2CC1CSCCS1. The Kier molecular flexibility index (Phi) is 3.91. The first kappa shape index (κ1) is 13.5. The van der Waals surface area contributed by atoms with Crippen LogP contribution in [-0.2, 0) is 6.54 Å². The quantitative estimate of drug-likeness (QED) is 0.847. The molecule has 1 atom stereocenters. The number of hydrogen-bond donors (Lipinski definition) is 1. The van der Waals surface area contributed by atoms with E-state index in [0.717, 1.165) is 17.6 Å². The molecule has 0 bridgehead atoms. The van der Waals surface area contributed by atoms with Crippen LogP contribution >= 0.6 is 35.7 Å². The van der Waals surface area contributed by atoms with Gasteiger partial charge in [0, 0.05) is 29.1 Å². The van der Waals surface area contributed by atoms with Crippen LogP contribution in [0.1, 0.15) is 5.56 Å². The smallest absolute Gasteiger partial charge is 0.178 e. The first-order valence-electron chi connectivity index (χ1n) is 6.23. The molecule has 6 heteroatoms. The molecule has 2 nitrogen and oxygen atoms in total. The molecule has 1 aromatic carbocycles. The van der Waals surface area contributed by atoms with Crippen molar-refractivity contribution in [2.45, 2.75) is 18.7 Å². The summed E-state index contributed by atoms with van der Waals surface area (Å²) in [5, 5.41) is 0.592. The zero-order chi connectivity index (χ0) is 13.4. The van der Waals surface area contributed by atoms with E-state index >= 15 is 0 Å². The lowest BCUT2D eigenvalue weighted by atomic mass is 10.2. The first-order valence-corrected chi connectivity index (χ1v) is 8.84. The Labute approximate surface area is 125 Å². The zero-order valence-corrected chi connectivity index (χ0v) is 13.1. The number of nitrogens with zero attached hydrogens (tertiary/aromatic N) is 1. The minimum absolute atomic E-state index is 0.182. The van der Waals surface area contributed by atoms with Gasteiger partial charge in [0.15, 0.2) is 4.77 Å². The van der Waals surface area contributed by atoms with Crippen molar-refractivity contribution in [3.63, 3.8) is 0 Å². The molecule has 1 aliphatic rings. The van der Waals surface area contributed by atoms with Crippen LogP contribution in [0.4, 0.5) is 4.39 Å². The Morgan fingerprint density at radius 1 is 1.47 bits per heavy atom. The third kappa shape index (κ3) is 2.71. The molecule has 2 aromatic rings. The Balaban J connectivity index is 2.00. The van der Waals surface area contributed by atoms with Gasteiger partial charge in [0.1, 0.15) is 5.82 Å². The number of aromatic nitrogens is 2. The van der Waals surface area contributed by atoms with E-state index in [4.69, 9.17) is 12.2 Å². The second-order valence-electron chi connectivity index (χ2n) is 4.73. The van der Waals surface area contributed by atoms with E-state index in [9.17, 15) is 4.39 Å². The van der Waals surface area contributed by atoms with Crippen LogP contribution in [0.2, 0.25) is 0 Å². The molecule has 102 valence electrons. The summed E-state index contributed by atoms with van der Waals surface area (Å²) in [7, 11) is 0. The van der Waals surface area contributed by atoms with Crippen molar-refractivity contribution in [2.75, 3.05) is 17.3 Å². The lowest BCUT2D eigenvalue weighted by molar-refractivity contribution is 0.620. The third-order valence-electron chi connectivity index (χ3n) is 3.33. The molecule has 0 amide bonds. The maximum absolute atomic E-state index is 13.6. The van der Waals surface area contributed by atoms with Crippen LogP contribution in [0.3, 0.4) is 0 Å². The summed E-state index contributed by atoms with van der Waals surface area (Å²) in [5.41, 5.74) is 2.47. The van der Waals surface area contributed by atoms with Crippen LogP contribution < -0.4 is 0 Å². The maximum Gasteiger partial charge on any atom is 0.178 e. The summed E-state index contributed by atoms with van der Waals surface area (Å²) in [6, 6.07) is 3.43. The Bertz CT molecular complexity index is 656. The van der Waals surface area contributed by atoms with Crippen molar-refractivity contribution < 1.29 is 4.39 Å². The summed E-state index contributed by atoms with van der Waals surface area (Å²) < 4.78 is 16.4. The highest BCUT2D eigenvalue weighted by Gasteiger charge is 2.17. The highest BCUT2D eigenvalue weighted by Crippen LogP contribution is 2.27. The maximum atomic E-state index is 13.6. The van der Waals surface area contributed by atoms with E-state index < -0.39 is 0 Å². The van der Waals surface area contributed by atoms with E-state index in [1.165, 1.54) is 17.3 Å². The van der Waals surface area contributed by atoms with E-state index in [1.807, 2.05) is 29.6 Å². The van der Waals surface area contributed by atoms with Gasteiger partial charge in [-0.2, -0.15) is 23.5 Å². The molecule has 2 heterocycles. The molecule has 0 saturated carbocycles. The standard InChI is InChI=1S/C13H15FN2S3/c1-8-4-12-11(5-10(8)14)15-13(17)16(12)6-9-7-18-2-3-19-9/h4-5,9H,2-3,6-7H2,1H3,(H,15,17). The lowest BCUT2D eigenvalue weighted by Gasteiger charge is -2.21. The normalized spacial score (nSPS) is 20.0. The Morgan fingerprint density at radius 3 is 3.05 bits per heavy atom. The minimum atomic E-state index is -0.182. The van der Waals surface area contributed by atoms with Crippen LogP contribution in [-0.4, -0.2) is 32.1 Å². The third-order valence-corrected chi connectivity index (χ3v) is 6.48. The van der Waals surface area contributed by atoms with Crippen molar-refractivity contribution in [1.82, 2.24) is 9.55 Å². The molecule has 1 unspecified atom stereocenters. The number of fused-ring (bicyclic) bond motifs is 1. The largest absolute Gasteiger partial charge is 0.330 e. The Hall–Kier alpha value is -0.460. The number of halogens is 1. The number of aromatic amines is 1. The summed E-state index contributed by atoms with van der Waals surface area (Å²) in [5.74, 6) is 3.43. The van der Waals surface area contributed by atoms with Crippen molar-refractivity contribution in [3.05, 3.63) is 28.3 Å². The fourth-order valence-corrected chi connectivity index (χ4v) is 5.24. The minimum Gasteiger partial charge on any atom is -0.330 e. The Morgan fingerprint density at radius 2 is 2.32 bits per heavy atom. The predicted octanol–water partition coefficient (Wildman–Crippen LogP) is 4.00.